The molecule has 1 amide bonds. The highest BCUT2D eigenvalue weighted by Crippen LogP contribution is 1.91. The van der Waals surface area contributed by atoms with E-state index in [4.69, 9.17) is 5.11 Å². The molecule has 1 aromatic heterocycles. The van der Waals surface area contributed by atoms with E-state index < -0.39 is 11.2 Å². The van der Waals surface area contributed by atoms with Gasteiger partial charge in [0.15, 0.2) is 0 Å². The molecule has 1 rings (SSSR count). The number of nitrogens with zero attached hydrogens (tertiary/aromatic N) is 2. The predicted octanol–water partition coefficient (Wildman–Crippen LogP) is -1.17. The molecule has 7 nitrogen and oxygen atoms in total. The molecule has 0 aliphatic rings. The van der Waals surface area contributed by atoms with Crippen molar-refractivity contribution in [3.05, 3.63) is 33.1 Å². The standard InChI is InChI=1S/C12H19N3O4/c1-14-11(18)5-7-15(12(14)19)9-10(17)13-6-3-2-4-8-16/h5,7,16H,2-4,6,8-9H2,1H3,(H,13,17). The van der Waals surface area contributed by atoms with Crippen LogP contribution in [-0.2, 0) is 18.4 Å². The van der Waals surface area contributed by atoms with E-state index in [2.05, 4.69) is 5.32 Å². The fraction of sp³-hybridized carbons (Fsp3) is 0.583. The number of nitrogens with one attached hydrogen (secondary N) is 1. The van der Waals surface area contributed by atoms with Crippen molar-refractivity contribution >= 4 is 5.91 Å². The average Bonchev–Trinajstić information content (AvgIpc) is 2.39. The number of aliphatic hydroxyl groups is 1. The first-order chi connectivity index (χ1) is 9.06. The monoisotopic (exact) mass is 269 g/mol. The van der Waals surface area contributed by atoms with Gasteiger partial charge in [-0.3, -0.25) is 18.7 Å². The van der Waals surface area contributed by atoms with Gasteiger partial charge in [0.1, 0.15) is 6.54 Å². The van der Waals surface area contributed by atoms with Crippen LogP contribution >= 0.6 is 0 Å². The Kier molecular flexibility index (Phi) is 6.01. The molecule has 7 heteroatoms. The molecule has 0 saturated heterocycles. The maximum Gasteiger partial charge on any atom is 0.331 e. The van der Waals surface area contributed by atoms with Crippen LogP contribution in [0.1, 0.15) is 19.3 Å². The summed E-state index contributed by atoms with van der Waals surface area (Å²) in [7, 11) is 1.37. The maximum absolute atomic E-state index is 11.7. The highest BCUT2D eigenvalue weighted by molar-refractivity contribution is 5.75. The third-order valence-electron chi connectivity index (χ3n) is 2.73. The SMILES string of the molecule is Cn1c(=O)ccn(CC(=O)NCCCCCO)c1=O. The summed E-state index contributed by atoms with van der Waals surface area (Å²) in [5.74, 6) is -0.273. The third kappa shape index (κ3) is 4.70. The van der Waals surface area contributed by atoms with Gasteiger partial charge >= 0.3 is 5.69 Å². The summed E-state index contributed by atoms with van der Waals surface area (Å²) < 4.78 is 2.14. The largest absolute Gasteiger partial charge is 0.396 e. The van der Waals surface area contributed by atoms with Gasteiger partial charge in [0.05, 0.1) is 0 Å². The zero-order valence-corrected chi connectivity index (χ0v) is 11.0. The van der Waals surface area contributed by atoms with E-state index in [1.54, 1.807) is 0 Å². The van der Waals surface area contributed by atoms with Gasteiger partial charge in [-0.1, -0.05) is 0 Å². The Morgan fingerprint density at radius 3 is 2.74 bits per heavy atom. The van der Waals surface area contributed by atoms with Crippen LogP contribution in [-0.4, -0.2) is 33.3 Å². The molecule has 2 N–H and O–H groups in total. The number of hydrogen-bond acceptors (Lipinski definition) is 4. The lowest BCUT2D eigenvalue weighted by atomic mass is 10.2. The summed E-state index contributed by atoms with van der Waals surface area (Å²) in [6.45, 7) is 0.563. The summed E-state index contributed by atoms with van der Waals surface area (Å²) in [5.41, 5.74) is -0.909. The Labute approximate surface area is 110 Å². The normalized spacial score (nSPS) is 10.4. The second-order valence-electron chi connectivity index (χ2n) is 4.26. The Morgan fingerprint density at radius 2 is 2.05 bits per heavy atom. The fourth-order valence-corrected chi connectivity index (χ4v) is 1.59. The van der Waals surface area contributed by atoms with Crippen LogP contribution in [0.5, 0.6) is 0 Å². The first-order valence-electron chi connectivity index (χ1n) is 6.20. The molecule has 1 heterocycles. The summed E-state index contributed by atoms with van der Waals surface area (Å²) in [6, 6.07) is 1.25. The first kappa shape index (κ1) is 15.2. The maximum atomic E-state index is 11.7. The van der Waals surface area contributed by atoms with Crippen molar-refractivity contribution in [3.8, 4) is 0 Å². The van der Waals surface area contributed by atoms with Crippen LogP contribution in [0.15, 0.2) is 21.9 Å². The minimum atomic E-state index is -0.511. The molecular weight excluding hydrogens is 250 g/mol. The van der Waals surface area contributed by atoms with Crippen molar-refractivity contribution in [2.75, 3.05) is 13.2 Å². The molecule has 19 heavy (non-hydrogen) atoms. The summed E-state index contributed by atoms with van der Waals surface area (Å²) in [6.07, 6.45) is 3.66. The van der Waals surface area contributed by atoms with Gasteiger partial charge in [-0.15, -0.1) is 0 Å². The Hall–Kier alpha value is -1.89. The number of aliphatic hydroxyl groups excluding tert-OH is 1. The molecule has 0 aliphatic heterocycles. The van der Waals surface area contributed by atoms with E-state index in [0.29, 0.717) is 6.54 Å². The number of carbonyl (C=O) groups is 1. The molecule has 0 bridgehead atoms. The Morgan fingerprint density at radius 1 is 1.32 bits per heavy atom. The van der Waals surface area contributed by atoms with Crippen LogP contribution in [0.3, 0.4) is 0 Å². The number of unbranched alkanes of at least 4 members (excludes halogenated alkanes) is 2. The zero-order chi connectivity index (χ0) is 14.3. The molecular formula is C12H19N3O4. The van der Waals surface area contributed by atoms with E-state index in [-0.39, 0.29) is 19.1 Å². The second kappa shape index (κ2) is 7.52. The predicted molar refractivity (Wildman–Crippen MR) is 69.9 cm³/mol. The molecule has 0 spiro atoms. The smallest absolute Gasteiger partial charge is 0.331 e. The highest BCUT2D eigenvalue weighted by atomic mass is 16.3. The lowest BCUT2D eigenvalue weighted by Crippen LogP contribution is -2.40. The second-order valence-corrected chi connectivity index (χ2v) is 4.26. The van der Waals surface area contributed by atoms with Gasteiger partial charge in [-0.05, 0) is 19.3 Å². The Balaban J connectivity index is 2.47. The zero-order valence-electron chi connectivity index (χ0n) is 11.0. The number of amides is 1. The van der Waals surface area contributed by atoms with Crippen LogP contribution < -0.4 is 16.6 Å². The van der Waals surface area contributed by atoms with Crippen molar-refractivity contribution < 1.29 is 9.90 Å². The minimum absolute atomic E-state index is 0.104. The van der Waals surface area contributed by atoms with Crippen LogP contribution in [0, 0.1) is 0 Å². The lowest BCUT2D eigenvalue weighted by molar-refractivity contribution is -0.121. The van der Waals surface area contributed by atoms with Crippen molar-refractivity contribution in [2.24, 2.45) is 7.05 Å². The molecule has 0 fully saturated rings. The van der Waals surface area contributed by atoms with Gasteiger partial charge < -0.3 is 10.4 Å². The van der Waals surface area contributed by atoms with Gasteiger partial charge in [-0.2, -0.15) is 0 Å². The van der Waals surface area contributed by atoms with E-state index in [1.165, 1.54) is 23.9 Å². The van der Waals surface area contributed by atoms with Crippen molar-refractivity contribution in [3.63, 3.8) is 0 Å². The molecule has 1 aromatic rings. The van der Waals surface area contributed by atoms with Crippen molar-refractivity contribution in [2.45, 2.75) is 25.8 Å². The molecule has 0 aromatic carbocycles. The molecule has 0 saturated carbocycles. The lowest BCUT2D eigenvalue weighted by Gasteiger charge is -2.08. The topological polar surface area (TPSA) is 93.3 Å². The summed E-state index contributed by atoms with van der Waals surface area (Å²) >= 11 is 0. The van der Waals surface area contributed by atoms with Gasteiger partial charge in [0.25, 0.3) is 5.56 Å². The quantitative estimate of drug-likeness (QED) is 0.610. The minimum Gasteiger partial charge on any atom is -0.396 e. The molecule has 0 aliphatic carbocycles. The number of carbonyl (C=O) groups excluding carboxylic acids is 1. The summed E-state index contributed by atoms with van der Waals surface area (Å²) in [4.78, 5) is 34.4. The van der Waals surface area contributed by atoms with Crippen LogP contribution in [0.4, 0.5) is 0 Å². The highest BCUT2D eigenvalue weighted by Gasteiger charge is 2.06. The van der Waals surface area contributed by atoms with E-state index in [9.17, 15) is 14.4 Å². The number of rotatable bonds is 7. The van der Waals surface area contributed by atoms with Gasteiger partial charge in [0.2, 0.25) is 5.91 Å². The molecule has 0 radical (unpaired) electrons. The third-order valence-corrected chi connectivity index (χ3v) is 2.73. The first-order valence-corrected chi connectivity index (χ1v) is 6.20. The van der Waals surface area contributed by atoms with Crippen LogP contribution in [0.25, 0.3) is 0 Å². The number of hydrogen-bond donors (Lipinski definition) is 2. The van der Waals surface area contributed by atoms with E-state index in [1.807, 2.05) is 0 Å². The van der Waals surface area contributed by atoms with Crippen molar-refractivity contribution in [1.29, 1.82) is 0 Å². The van der Waals surface area contributed by atoms with E-state index in [0.717, 1.165) is 23.8 Å². The van der Waals surface area contributed by atoms with Crippen molar-refractivity contribution in [1.82, 2.24) is 14.5 Å². The molecule has 0 atom stereocenters. The fourth-order valence-electron chi connectivity index (χ4n) is 1.59. The van der Waals surface area contributed by atoms with Gasteiger partial charge in [-0.25, -0.2) is 4.79 Å². The van der Waals surface area contributed by atoms with Gasteiger partial charge in [0, 0.05) is 32.5 Å². The van der Waals surface area contributed by atoms with E-state index >= 15 is 0 Å². The summed E-state index contributed by atoms with van der Waals surface area (Å²) in [5, 5.41) is 11.3. The Bertz CT molecular complexity index is 533. The molecule has 0 unspecified atom stereocenters. The molecule has 106 valence electrons. The number of aromatic nitrogens is 2. The van der Waals surface area contributed by atoms with Crippen LogP contribution in [0.2, 0.25) is 0 Å². The average molecular weight is 269 g/mol.